The highest BCUT2D eigenvalue weighted by Crippen LogP contribution is 2.33. The van der Waals surface area contributed by atoms with Gasteiger partial charge in [0.25, 0.3) is 5.88 Å². The number of nitro groups is 1. The van der Waals surface area contributed by atoms with E-state index in [0.29, 0.717) is 12.1 Å². The highest BCUT2D eigenvalue weighted by atomic mass is 16.6. The van der Waals surface area contributed by atoms with Crippen LogP contribution in [0.25, 0.3) is 5.69 Å². The van der Waals surface area contributed by atoms with E-state index < -0.39 is 4.92 Å². The monoisotopic (exact) mass is 309 g/mol. The molecule has 118 valence electrons. The van der Waals surface area contributed by atoms with Crippen LogP contribution in [-0.2, 0) is 0 Å². The molecular formula is C12H15N5O5. The van der Waals surface area contributed by atoms with E-state index in [1.807, 2.05) is 0 Å². The minimum Gasteiger partial charge on any atom is -0.478 e. The number of methoxy groups -OCH3 is 1. The molecule has 22 heavy (non-hydrogen) atoms. The molecule has 0 aliphatic heterocycles. The molecule has 2 rings (SSSR count). The Labute approximate surface area is 125 Å². The van der Waals surface area contributed by atoms with Gasteiger partial charge >= 0.3 is 11.6 Å². The molecule has 0 radical (unpaired) electrons. The quantitative estimate of drug-likeness (QED) is 0.449. The van der Waals surface area contributed by atoms with Gasteiger partial charge in [0.1, 0.15) is 11.4 Å². The van der Waals surface area contributed by atoms with E-state index in [1.165, 1.54) is 18.0 Å². The zero-order valence-electron chi connectivity index (χ0n) is 12.1. The van der Waals surface area contributed by atoms with Gasteiger partial charge in [-0.15, -0.1) is 10.2 Å². The summed E-state index contributed by atoms with van der Waals surface area (Å²) in [6.45, 7) is 1.60. The number of aliphatic hydroxyl groups is 1. The van der Waals surface area contributed by atoms with Crippen molar-refractivity contribution in [2.45, 2.75) is 13.3 Å². The molecule has 0 aromatic carbocycles. The van der Waals surface area contributed by atoms with Crippen LogP contribution in [-0.4, -0.2) is 50.3 Å². The molecule has 0 spiro atoms. The zero-order chi connectivity index (χ0) is 16.1. The Morgan fingerprint density at radius 1 is 1.45 bits per heavy atom. The minimum atomic E-state index is -0.561. The van der Waals surface area contributed by atoms with E-state index in [1.54, 1.807) is 13.0 Å². The Morgan fingerprint density at radius 3 is 2.86 bits per heavy atom. The van der Waals surface area contributed by atoms with Gasteiger partial charge in [-0.1, -0.05) is 0 Å². The summed E-state index contributed by atoms with van der Waals surface area (Å²) < 4.78 is 11.7. The molecule has 2 aromatic heterocycles. The van der Waals surface area contributed by atoms with Gasteiger partial charge in [0.2, 0.25) is 0 Å². The first-order valence-electron chi connectivity index (χ1n) is 6.43. The van der Waals surface area contributed by atoms with Gasteiger partial charge in [-0.25, -0.2) is 4.68 Å². The van der Waals surface area contributed by atoms with Gasteiger partial charge in [-0.05, 0) is 13.0 Å². The third-order valence-corrected chi connectivity index (χ3v) is 2.87. The lowest BCUT2D eigenvalue weighted by atomic mass is 10.3. The van der Waals surface area contributed by atoms with Crippen LogP contribution >= 0.6 is 0 Å². The van der Waals surface area contributed by atoms with E-state index in [4.69, 9.17) is 14.6 Å². The third kappa shape index (κ3) is 2.96. The Hall–Kier alpha value is -2.75. The summed E-state index contributed by atoms with van der Waals surface area (Å²) in [5.74, 6) is 0.0692. The molecule has 0 atom stereocenters. The van der Waals surface area contributed by atoms with Gasteiger partial charge in [-0.2, -0.15) is 5.10 Å². The number of aliphatic hydroxyl groups excluding tert-OH is 1. The van der Waals surface area contributed by atoms with Crippen LogP contribution in [0, 0.1) is 17.0 Å². The molecule has 1 N–H and O–H groups in total. The summed E-state index contributed by atoms with van der Waals surface area (Å²) >= 11 is 0. The summed E-state index contributed by atoms with van der Waals surface area (Å²) in [4.78, 5) is 10.7. The fourth-order valence-electron chi connectivity index (χ4n) is 1.86. The van der Waals surface area contributed by atoms with Crippen molar-refractivity contribution in [3.8, 4) is 17.4 Å². The lowest BCUT2D eigenvalue weighted by Crippen LogP contribution is -2.05. The Kier molecular flexibility index (Phi) is 4.84. The van der Waals surface area contributed by atoms with Crippen LogP contribution < -0.4 is 9.47 Å². The summed E-state index contributed by atoms with van der Waals surface area (Å²) in [6.07, 6.45) is 1.78. The highest BCUT2D eigenvalue weighted by molar-refractivity contribution is 5.51. The number of nitrogens with zero attached hydrogens (tertiary/aromatic N) is 5. The summed E-state index contributed by atoms with van der Waals surface area (Å²) in [7, 11) is 1.42. The van der Waals surface area contributed by atoms with Crippen molar-refractivity contribution in [1.29, 1.82) is 0 Å². The minimum absolute atomic E-state index is 0.0738. The van der Waals surface area contributed by atoms with Crippen LogP contribution in [0.3, 0.4) is 0 Å². The summed E-state index contributed by atoms with van der Waals surface area (Å²) in [6, 6.07) is 1.58. The molecule has 0 saturated carbocycles. The molecule has 10 heteroatoms. The molecule has 0 amide bonds. The van der Waals surface area contributed by atoms with E-state index in [2.05, 4.69) is 15.3 Å². The van der Waals surface area contributed by atoms with Gasteiger partial charge < -0.3 is 14.6 Å². The largest absolute Gasteiger partial charge is 0.478 e. The second kappa shape index (κ2) is 6.80. The number of aromatic nitrogens is 4. The first-order valence-corrected chi connectivity index (χ1v) is 6.43. The molecular weight excluding hydrogens is 294 g/mol. The number of hydrogen-bond donors (Lipinski definition) is 1. The van der Waals surface area contributed by atoms with Crippen molar-refractivity contribution >= 4 is 5.69 Å². The second-order valence-electron chi connectivity index (χ2n) is 4.26. The number of hydrogen-bond acceptors (Lipinski definition) is 8. The third-order valence-electron chi connectivity index (χ3n) is 2.87. The zero-order valence-corrected chi connectivity index (χ0v) is 12.1. The van der Waals surface area contributed by atoms with Gasteiger partial charge in [0.15, 0.2) is 0 Å². The van der Waals surface area contributed by atoms with E-state index in [-0.39, 0.29) is 36.4 Å². The lowest BCUT2D eigenvalue weighted by Gasteiger charge is -2.06. The predicted octanol–water partition coefficient (Wildman–Crippen LogP) is 0.649. The molecule has 0 unspecified atom stereocenters. The Bertz CT molecular complexity index is 672. The van der Waals surface area contributed by atoms with Crippen LogP contribution in [0.1, 0.15) is 12.1 Å². The average Bonchev–Trinajstić information content (AvgIpc) is 2.84. The standard InChI is InChI=1S/C12H15N5O5/c1-8-10(17(19)20)12(22-7-3-6-18)15-16(8)9-4-5-13-14-11(9)21-2/h4-5,18H,3,6-7H2,1-2H3. The van der Waals surface area contributed by atoms with Crippen LogP contribution in [0.15, 0.2) is 12.3 Å². The fourth-order valence-corrected chi connectivity index (χ4v) is 1.86. The first-order chi connectivity index (χ1) is 10.6. The molecule has 0 fully saturated rings. The maximum absolute atomic E-state index is 11.2. The molecule has 0 bridgehead atoms. The van der Waals surface area contributed by atoms with E-state index >= 15 is 0 Å². The molecule has 0 aliphatic carbocycles. The van der Waals surface area contributed by atoms with Crippen molar-refractivity contribution in [1.82, 2.24) is 20.0 Å². The molecule has 2 aromatic rings. The van der Waals surface area contributed by atoms with Gasteiger partial charge in [0, 0.05) is 13.0 Å². The van der Waals surface area contributed by atoms with Gasteiger partial charge in [0.05, 0.1) is 24.8 Å². The summed E-state index contributed by atoms with van der Waals surface area (Å²) in [5, 5.41) is 31.6. The number of rotatable bonds is 7. The van der Waals surface area contributed by atoms with Crippen LogP contribution in [0.4, 0.5) is 5.69 Å². The Balaban J connectivity index is 2.48. The SMILES string of the molecule is COc1nnccc1-n1nc(OCCCO)c([N+](=O)[O-])c1C. The molecule has 10 nitrogen and oxygen atoms in total. The molecule has 0 aliphatic rings. The lowest BCUT2D eigenvalue weighted by molar-refractivity contribution is -0.386. The fraction of sp³-hybridized carbons (Fsp3) is 0.417. The van der Waals surface area contributed by atoms with Crippen molar-refractivity contribution in [2.75, 3.05) is 20.3 Å². The van der Waals surface area contributed by atoms with Crippen molar-refractivity contribution < 1.29 is 19.5 Å². The second-order valence-corrected chi connectivity index (χ2v) is 4.26. The predicted molar refractivity (Wildman–Crippen MR) is 74.3 cm³/mol. The molecule has 2 heterocycles. The topological polar surface area (TPSA) is 125 Å². The van der Waals surface area contributed by atoms with Gasteiger partial charge in [-0.3, -0.25) is 10.1 Å². The summed E-state index contributed by atoms with van der Waals surface area (Å²) in [5.41, 5.74) is 0.446. The van der Waals surface area contributed by atoms with E-state index in [0.717, 1.165) is 0 Å². The molecule has 0 saturated heterocycles. The van der Waals surface area contributed by atoms with E-state index in [9.17, 15) is 10.1 Å². The maximum Gasteiger partial charge on any atom is 0.353 e. The Morgan fingerprint density at radius 2 is 2.23 bits per heavy atom. The van der Waals surface area contributed by atoms with Crippen molar-refractivity contribution in [3.63, 3.8) is 0 Å². The van der Waals surface area contributed by atoms with Crippen LogP contribution in [0.5, 0.6) is 11.8 Å². The average molecular weight is 309 g/mol. The van der Waals surface area contributed by atoms with Crippen molar-refractivity contribution in [2.24, 2.45) is 0 Å². The number of ether oxygens (including phenoxy) is 2. The highest BCUT2D eigenvalue weighted by Gasteiger charge is 2.28. The normalized spacial score (nSPS) is 10.5. The first kappa shape index (κ1) is 15.6. The van der Waals surface area contributed by atoms with Crippen molar-refractivity contribution in [3.05, 3.63) is 28.1 Å². The smallest absolute Gasteiger partial charge is 0.353 e. The van der Waals surface area contributed by atoms with Crippen LogP contribution in [0.2, 0.25) is 0 Å². The maximum atomic E-state index is 11.2.